The summed E-state index contributed by atoms with van der Waals surface area (Å²) in [5.74, 6) is 0. The Morgan fingerprint density at radius 3 is 2.17 bits per heavy atom. The number of nitrogens with zero attached hydrogens (tertiary/aromatic N) is 2. The lowest BCUT2D eigenvalue weighted by Gasteiger charge is -2.38. The molecule has 0 spiro atoms. The second-order valence-corrected chi connectivity index (χ2v) is 7.04. The highest BCUT2D eigenvalue weighted by Gasteiger charge is 2.25. The van der Waals surface area contributed by atoms with E-state index in [2.05, 4.69) is 42.3 Å². The summed E-state index contributed by atoms with van der Waals surface area (Å²) < 4.78 is 0. The normalized spacial score (nSPS) is 18.9. The van der Waals surface area contributed by atoms with E-state index in [1.807, 2.05) is 4.90 Å². The van der Waals surface area contributed by atoms with E-state index in [4.69, 9.17) is 0 Å². The first kappa shape index (κ1) is 17.1. The topological polar surface area (TPSA) is 35.6 Å². The molecule has 1 aromatic carbocycles. The Balaban J connectivity index is 1.61. The third-order valence-corrected chi connectivity index (χ3v) is 5.53. The van der Waals surface area contributed by atoms with E-state index in [1.54, 1.807) is 0 Å². The number of para-hydroxylation sites is 1. The van der Waals surface area contributed by atoms with Crippen LogP contribution in [0.3, 0.4) is 0 Å². The molecule has 2 amide bonds. The van der Waals surface area contributed by atoms with Crippen LogP contribution in [-0.4, -0.2) is 43.2 Å². The predicted molar refractivity (Wildman–Crippen MR) is 99.8 cm³/mol. The van der Waals surface area contributed by atoms with Gasteiger partial charge in [-0.15, -0.1) is 0 Å². The maximum atomic E-state index is 12.4. The fraction of sp³-hybridized carbons (Fsp3) is 0.650. The van der Waals surface area contributed by atoms with Gasteiger partial charge in [-0.2, -0.15) is 0 Å². The molecule has 132 valence electrons. The van der Waals surface area contributed by atoms with Crippen LogP contribution in [0.2, 0.25) is 0 Å². The van der Waals surface area contributed by atoms with Crippen LogP contribution in [0.4, 0.5) is 10.5 Å². The van der Waals surface area contributed by atoms with Gasteiger partial charge in [0.25, 0.3) is 0 Å². The second kappa shape index (κ2) is 7.91. The molecule has 1 aliphatic carbocycles. The van der Waals surface area contributed by atoms with E-state index in [1.165, 1.54) is 29.7 Å². The summed E-state index contributed by atoms with van der Waals surface area (Å²) in [6.45, 7) is 7.96. The van der Waals surface area contributed by atoms with E-state index < -0.39 is 0 Å². The van der Waals surface area contributed by atoms with Crippen molar-refractivity contribution in [3.05, 3.63) is 29.3 Å². The third-order valence-electron chi connectivity index (χ3n) is 5.53. The Kier molecular flexibility index (Phi) is 5.64. The molecule has 1 heterocycles. The molecular formula is C20H31N3O. The lowest BCUT2D eigenvalue weighted by molar-refractivity contribution is 0.190. The van der Waals surface area contributed by atoms with Gasteiger partial charge in [-0.05, 0) is 36.8 Å². The molecular weight excluding hydrogens is 298 g/mol. The Morgan fingerprint density at radius 1 is 1.04 bits per heavy atom. The van der Waals surface area contributed by atoms with Gasteiger partial charge in [0.2, 0.25) is 0 Å². The molecule has 0 radical (unpaired) electrons. The summed E-state index contributed by atoms with van der Waals surface area (Å²) in [6.07, 6.45) is 6.93. The average Bonchev–Trinajstić information content (AvgIpc) is 3.14. The molecule has 0 bridgehead atoms. The lowest BCUT2D eigenvalue weighted by Crippen LogP contribution is -2.53. The fourth-order valence-corrected chi connectivity index (χ4v) is 4.09. The van der Waals surface area contributed by atoms with E-state index in [-0.39, 0.29) is 6.03 Å². The number of benzene rings is 1. The van der Waals surface area contributed by atoms with Crippen molar-refractivity contribution in [1.82, 2.24) is 10.2 Å². The summed E-state index contributed by atoms with van der Waals surface area (Å²) >= 11 is 0. The zero-order valence-electron chi connectivity index (χ0n) is 15.2. The molecule has 24 heavy (non-hydrogen) atoms. The van der Waals surface area contributed by atoms with Gasteiger partial charge in [0.1, 0.15) is 0 Å². The van der Waals surface area contributed by atoms with Crippen molar-refractivity contribution in [3.8, 4) is 0 Å². The van der Waals surface area contributed by atoms with Gasteiger partial charge >= 0.3 is 6.03 Å². The molecule has 1 N–H and O–H groups in total. The zero-order valence-corrected chi connectivity index (χ0v) is 15.2. The van der Waals surface area contributed by atoms with E-state index >= 15 is 0 Å². The van der Waals surface area contributed by atoms with Gasteiger partial charge < -0.3 is 15.1 Å². The van der Waals surface area contributed by atoms with E-state index in [0.29, 0.717) is 6.04 Å². The number of rotatable bonds is 4. The molecule has 1 aliphatic heterocycles. The molecule has 1 aromatic rings. The number of piperazine rings is 1. The average molecular weight is 329 g/mol. The minimum absolute atomic E-state index is 0.140. The minimum Gasteiger partial charge on any atom is -0.368 e. The highest BCUT2D eigenvalue weighted by Crippen LogP contribution is 2.28. The number of hydrogen-bond acceptors (Lipinski definition) is 2. The Labute approximate surface area is 146 Å². The van der Waals surface area contributed by atoms with E-state index in [0.717, 1.165) is 51.9 Å². The van der Waals surface area contributed by atoms with Crippen LogP contribution in [0.1, 0.15) is 50.7 Å². The molecule has 0 unspecified atom stereocenters. The first-order valence-electron chi connectivity index (χ1n) is 9.64. The highest BCUT2D eigenvalue weighted by atomic mass is 16.2. The van der Waals surface area contributed by atoms with Crippen molar-refractivity contribution < 1.29 is 4.79 Å². The molecule has 4 heteroatoms. The number of carbonyl (C=O) groups is 1. The molecule has 1 saturated carbocycles. The second-order valence-electron chi connectivity index (χ2n) is 7.04. The SMILES string of the molecule is CCc1cccc(CC)c1N1CCN(C(=O)NC2CCCC2)CC1. The van der Waals surface area contributed by atoms with Gasteiger partial charge in [-0.25, -0.2) is 4.79 Å². The smallest absolute Gasteiger partial charge is 0.317 e. The zero-order chi connectivity index (χ0) is 16.9. The van der Waals surface area contributed by atoms with Crippen molar-refractivity contribution >= 4 is 11.7 Å². The Hall–Kier alpha value is -1.71. The van der Waals surface area contributed by atoms with Crippen LogP contribution in [0.25, 0.3) is 0 Å². The molecule has 4 nitrogen and oxygen atoms in total. The maximum Gasteiger partial charge on any atom is 0.317 e. The monoisotopic (exact) mass is 329 g/mol. The van der Waals surface area contributed by atoms with Gasteiger partial charge in [0.15, 0.2) is 0 Å². The fourth-order valence-electron chi connectivity index (χ4n) is 4.09. The molecule has 1 saturated heterocycles. The van der Waals surface area contributed by atoms with Gasteiger partial charge in [0.05, 0.1) is 0 Å². The number of anilines is 1. The summed E-state index contributed by atoms with van der Waals surface area (Å²) in [6, 6.07) is 7.21. The van der Waals surface area contributed by atoms with Crippen molar-refractivity contribution in [1.29, 1.82) is 0 Å². The van der Waals surface area contributed by atoms with Crippen LogP contribution >= 0.6 is 0 Å². The Bertz CT molecular complexity index is 536. The van der Waals surface area contributed by atoms with Crippen LogP contribution in [0, 0.1) is 0 Å². The maximum absolute atomic E-state index is 12.4. The van der Waals surface area contributed by atoms with Crippen molar-refractivity contribution in [2.24, 2.45) is 0 Å². The summed E-state index contributed by atoms with van der Waals surface area (Å²) in [5.41, 5.74) is 4.27. The molecule has 3 rings (SSSR count). The number of nitrogens with one attached hydrogen (secondary N) is 1. The lowest BCUT2D eigenvalue weighted by atomic mass is 10.0. The number of carbonyl (C=O) groups excluding carboxylic acids is 1. The molecule has 0 atom stereocenters. The molecule has 0 aromatic heterocycles. The summed E-state index contributed by atoms with van der Waals surface area (Å²) in [5, 5.41) is 3.22. The first-order chi connectivity index (χ1) is 11.7. The largest absolute Gasteiger partial charge is 0.368 e. The van der Waals surface area contributed by atoms with Gasteiger partial charge in [-0.1, -0.05) is 44.9 Å². The quantitative estimate of drug-likeness (QED) is 0.916. The van der Waals surface area contributed by atoms with Crippen LogP contribution in [0.15, 0.2) is 18.2 Å². The third kappa shape index (κ3) is 3.68. The van der Waals surface area contributed by atoms with Crippen molar-refractivity contribution in [2.75, 3.05) is 31.1 Å². The first-order valence-corrected chi connectivity index (χ1v) is 9.64. The number of aryl methyl sites for hydroxylation is 2. The number of hydrogen-bond donors (Lipinski definition) is 1. The Morgan fingerprint density at radius 2 is 1.62 bits per heavy atom. The summed E-state index contributed by atoms with van der Waals surface area (Å²) in [4.78, 5) is 16.9. The minimum atomic E-state index is 0.140. The molecule has 2 aliphatic rings. The van der Waals surface area contributed by atoms with Crippen molar-refractivity contribution in [3.63, 3.8) is 0 Å². The van der Waals surface area contributed by atoms with Crippen LogP contribution in [-0.2, 0) is 12.8 Å². The van der Waals surface area contributed by atoms with E-state index in [9.17, 15) is 4.79 Å². The van der Waals surface area contributed by atoms with Crippen LogP contribution < -0.4 is 10.2 Å². The highest BCUT2D eigenvalue weighted by molar-refractivity contribution is 5.75. The molecule has 2 fully saturated rings. The van der Waals surface area contributed by atoms with Crippen molar-refractivity contribution in [2.45, 2.75) is 58.4 Å². The standard InChI is InChI=1S/C20H31N3O/c1-3-16-8-7-9-17(4-2)19(16)22-12-14-23(15-13-22)20(24)21-18-10-5-6-11-18/h7-9,18H,3-6,10-15H2,1-2H3,(H,21,24). The van der Waals surface area contributed by atoms with Gasteiger partial charge in [0, 0.05) is 37.9 Å². The number of urea groups is 1. The number of amides is 2. The van der Waals surface area contributed by atoms with Gasteiger partial charge in [-0.3, -0.25) is 0 Å². The summed E-state index contributed by atoms with van der Waals surface area (Å²) in [7, 11) is 0. The predicted octanol–water partition coefficient (Wildman–Crippen LogP) is 3.59. The van der Waals surface area contributed by atoms with Crippen LogP contribution in [0.5, 0.6) is 0 Å².